The summed E-state index contributed by atoms with van der Waals surface area (Å²) in [6.45, 7) is 0. The van der Waals surface area contributed by atoms with E-state index in [0.29, 0.717) is 12.8 Å². The van der Waals surface area contributed by atoms with Gasteiger partial charge in [-0.1, -0.05) is 12.8 Å². The van der Waals surface area contributed by atoms with Gasteiger partial charge >= 0.3 is 60.8 Å². The van der Waals surface area contributed by atoms with E-state index in [-0.39, 0.29) is 64.6 Å². The minimum absolute atomic E-state index is 0. The van der Waals surface area contributed by atoms with Gasteiger partial charge in [-0.2, -0.15) is 0 Å². The summed E-state index contributed by atoms with van der Waals surface area (Å²) in [5, 5.41) is 16.5. The number of aliphatic carboxylic acids is 2. The first-order valence-electron chi connectivity index (χ1n) is 4.06. The molecule has 5 heteroatoms. The molecule has 0 aromatic heterocycles. The maximum Gasteiger partial charge on any atom is 2.00 e. The molecule has 0 aromatic rings. The van der Waals surface area contributed by atoms with Crippen LogP contribution >= 0.6 is 0 Å². The first kappa shape index (κ1) is 16.0. The Morgan fingerprint density at radius 1 is 0.846 bits per heavy atom. The number of carbonyl (C=O) groups is 2. The molecule has 0 spiro atoms. The molecule has 0 saturated heterocycles. The van der Waals surface area contributed by atoms with Gasteiger partial charge in [-0.15, -0.1) is 0 Å². The zero-order chi connectivity index (χ0) is 9.40. The van der Waals surface area contributed by atoms with Crippen molar-refractivity contribution >= 4 is 60.8 Å². The van der Waals surface area contributed by atoms with Gasteiger partial charge in [-0.3, -0.25) is 9.59 Å². The molecule has 0 heterocycles. The smallest absolute Gasteiger partial charge is 1.00 e. The van der Waals surface area contributed by atoms with Crippen LogP contribution < -0.4 is 0 Å². The Hall–Kier alpha value is 0.511. The number of hydrogen-bond acceptors (Lipinski definition) is 2. The third-order valence-electron chi connectivity index (χ3n) is 1.53. The van der Waals surface area contributed by atoms with Crippen LogP contribution in [0.3, 0.4) is 0 Å². The summed E-state index contributed by atoms with van der Waals surface area (Å²) in [4.78, 5) is 20.1. The van der Waals surface area contributed by atoms with Gasteiger partial charge in [-0.25, -0.2) is 0 Å². The van der Waals surface area contributed by atoms with Crippen LogP contribution in [0.2, 0.25) is 0 Å². The Labute approximate surface area is 121 Å². The van der Waals surface area contributed by atoms with Gasteiger partial charge in [0, 0.05) is 12.8 Å². The molecule has 0 aromatic carbocycles. The van der Waals surface area contributed by atoms with Crippen LogP contribution in [0.4, 0.5) is 0 Å². The maximum absolute atomic E-state index is 10.0. The normalized spacial score (nSPS) is 8.92. The Balaban J connectivity index is -0.000000202. The first-order valence-corrected chi connectivity index (χ1v) is 4.06. The van der Waals surface area contributed by atoms with Gasteiger partial charge in [0.05, 0.1) is 0 Å². The van der Waals surface area contributed by atoms with Crippen molar-refractivity contribution in [2.24, 2.45) is 0 Å². The third kappa shape index (κ3) is 15.3. The Morgan fingerprint density at radius 2 is 1.15 bits per heavy atom. The molecule has 0 bridgehead atoms. The molecule has 4 nitrogen and oxygen atoms in total. The zero-order valence-electron chi connectivity index (χ0n) is 9.66. The molecule has 0 fully saturated rings. The van der Waals surface area contributed by atoms with Crippen LogP contribution in [-0.2, 0) is 9.59 Å². The summed E-state index contributed by atoms with van der Waals surface area (Å²) in [6, 6.07) is 0. The molecule has 0 aliphatic heterocycles. The Kier molecular flexibility index (Phi) is 13.0. The van der Waals surface area contributed by atoms with Gasteiger partial charge in [0.25, 0.3) is 0 Å². The van der Waals surface area contributed by atoms with E-state index >= 15 is 0 Å². The topological polar surface area (TPSA) is 74.6 Å². The van der Waals surface area contributed by atoms with Crippen LogP contribution in [-0.4, -0.2) is 71.0 Å². The molecule has 0 radical (unpaired) electrons. The van der Waals surface area contributed by atoms with Crippen molar-refractivity contribution in [3.8, 4) is 0 Å². The number of carboxylic acid groups (broad SMARTS) is 2. The molecular formula is C8H16BaO4. The van der Waals surface area contributed by atoms with Crippen molar-refractivity contribution in [1.29, 1.82) is 0 Å². The number of unbranched alkanes of at least 4 members (excludes halogenated alkanes) is 3. The molecule has 0 saturated carbocycles. The van der Waals surface area contributed by atoms with E-state index in [1.165, 1.54) is 0 Å². The van der Waals surface area contributed by atoms with Gasteiger partial charge in [0.1, 0.15) is 0 Å². The fourth-order valence-corrected chi connectivity index (χ4v) is 0.906. The molecule has 0 aliphatic carbocycles. The Morgan fingerprint density at radius 3 is 1.38 bits per heavy atom. The second-order valence-electron chi connectivity index (χ2n) is 2.70. The summed E-state index contributed by atoms with van der Waals surface area (Å²) in [5.74, 6) is -1.57. The monoisotopic (exact) mass is 314 g/mol. The summed E-state index contributed by atoms with van der Waals surface area (Å²) >= 11 is 0. The zero-order valence-corrected chi connectivity index (χ0v) is 12.1. The van der Waals surface area contributed by atoms with Gasteiger partial charge in [-0.05, 0) is 12.8 Å². The van der Waals surface area contributed by atoms with Crippen molar-refractivity contribution < 1.29 is 22.7 Å². The quantitative estimate of drug-likeness (QED) is 0.549. The van der Waals surface area contributed by atoms with E-state index in [2.05, 4.69) is 0 Å². The van der Waals surface area contributed by atoms with Crippen LogP contribution in [0.5, 0.6) is 0 Å². The molecule has 2 N–H and O–H groups in total. The molecule has 13 heavy (non-hydrogen) atoms. The Bertz CT molecular complexity index is 149. The fraction of sp³-hybridized carbons (Fsp3) is 0.750. The average molecular weight is 314 g/mol. The van der Waals surface area contributed by atoms with E-state index < -0.39 is 11.9 Å². The molecule has 0 unspecified atom stereocenters. The van der Waals surface area contributed by atoms with Crippen molar-refractivity contribution in [1.82, 2.24) is 0 Å². The average Bonchev–Trinajstić information content (AvgIpc) is 1.95. The predicted octanol–water partition coefficient (Wildman–Crippen LogP) is 1.34. The van der Waals surface area contributed by atoms with Gasteiger partial charge < -0.3 is 13.1 Å². The first-order chi connectivity index (χ1) is 5.63. The summed E-state index contributed by atoms with van der Waals surface area (Å²) in [6.07, 6.45) is 3.28. The fourth-order valence-electron chi connectivity index (χ4n) is 0.906. The van der Waals surface area contributed by atoms with E-state index in [4.69, 9.17) is 10.2 Å². The summed E-state index contributed by atoms with van der Waals surface area (Å²) < 4.78 is 0. The molecule has 0 atom stereocenters. The van der Waals surface area contributed by atoms with Crippen molar-refractivity contribution in [2.75, 3.05) is 0 Å². The van der Waals surface area contributed by atoms with Gasteiger partial charge in [0.2, 0.25) is 0 Å². The van der Waals surface area contributed by atoms with E-state index in [1.807, 2.05) is 0 Å². The van der Waals surface area contributed by atoms with Crippen LogP contribution in [0, 0.1) is 0 Å². The van der Waals surface area contributed by atoms with E-state index in [1.54, 1.807) is 0 Å². The molecular weight excluding hydrogens is 297 g/mol. The maximum atomic E-state index is 10.0. The van der Waals surface area contributed by atoms with Crippen molar-refractivity contribution in [3.05, 3.63) is 0 Å². The number of hydrogen-bond donors (Lipinski definition) is 2. The number of carboxylic acids is 2. The largest absolute Gasteiger partial charge is 2.00 e. The van der Waals surface area contributed by atoms with Crippen molar-refractivity contribution in [2.45, 2.75) is 38.5 Å². The van der Waals surface area contributed by atoms with E-state index in [9.17, 15) is 9.59 Å². The van der Waals surface area contributed by atoms with Crippen LogP contribution in [0.1, 0.15) is 41.4 Å². The SMILES string of the molecule is O=C(O)CCCCCCC(=O)O.[Ba+2].[H-].[H-]. The minimum Gasteiger partial charge on any atom is -1.00 e. The summed E-state index contributed by atoms with van der Waals surface area (Å²) in [5.41, 5.74) is 0. The van der Waals surface area contributed by atoms with Gasteiger partial charge in [0.15, 0.2) is 0 Å². The van der Waals surface area contributed by atoms with Crippen LogP contribution in [0.15, 0.2) is 0 Å². The second-order valence-corrected chi connectivity index (χ2v) is 2.70. The third-order valence-corrected chi connectivity index (χ3v) is 1.53. The van der Waals surface area contributed by atoms with E-state index in [0.717, 1.165) is 12.8 Å². The molecule has 0 amide bonds. The van der Waals surface area contributed by atoms with Crippen LogP contribution in [0.25, 0.3) is 0 Å². The predicted molar refractivity (Wildman–Crippen MR) is 51.0 cm³/mol. The standard InChI is InChI=1S/C8H14O4.Ba.2H/c9-7(10)5-3-1-2-4-6-8(11)12;;;/h1-6H2,(H,9,10)(H,11,12);;;/q;+2;2*-1. The number of rotatable bonds is 7. The molecule has 0 aliphatic rings. The summed E-state index contributed by atoms with van der Waals surface area (Å²) in [7, 11) is 0. The van der Waals surface area contributed by atoms with Crippen molar-refractivity contribution in [3.63, 3.8) is 0 Å². The second kappa shape index (κ2) is 10.6. The minimum atomic E-state index is -0.784. The molecule has 0 rings (SSSR count). The molecule has 74 valence electrons.